The van der Waals surface area contributed by atoms with Crippen molar-refractivity contribution in [3.63, 3.8) is 0 Å². The number of benzene rings is 2. The number of anilines is 1. The lowest BCUT2D eigenvalue weighted by Crippen LogP contribution is -2.28. The Hall–Kier alpha value is -2.38. The molecule has 1 heterocycles. The highest BCUT2D eigenvalue weighted by atomic mass is 35.5. The summed E-state index contributed by atoms with van der Waals surface area (Å²) in [5.74, 6) is -0.928. The average molecular weight is 392 g/mol. The molecule has 2 amide bonds. The van der Waals surface area contributed by atoms with Crippen LogP contribution >= 0.6 is 23.4 Å². The molecule has 5 nitrogen and oxygen atoms in total. The number of hydrogen-bond donors (Lipinski definition) is 2. The highest BCUT2D eigenvalue weighted by molar-refractivity contribution is 8.15. The first-order valence-electron chi connectivity index (χ1n) is 7.79. The van der Waals surface area contributed by atoms with Crippen LogP contribution in [0.5, 0.6) is 0 Å². The van der Waals surface area contributed by atoms with Crippen molar-refractivity contribution in [3.05, 3.63) is 58.9 Å². The second kappa shape index (κ2) is 7.88. The van der Waals surface area contributed by atoms with Crippen LogP contribution in [0.3, 0.4) is 0 Å². The van der Waals surface area contributed by atoms with Gasteiger partial charge in [0.05, 0.1) is 5.69 Å². The molecule has 2 aromatic carbocycles. The topological polar surface area (TPSA) is 70.6 Å². The number of amides is 2. The molecule has 134 valence electrons. The van der Waals surface area contributed by atoms with E-state index in [4.69, 9.17) is 11.6 Å². The minimum atomic E-state index is -0.575. The van der Waals surface area contributed by atoms with E-state index in [0.717, 1.165) is 5.56 Å². The molecule has 26 heavy (non-hydrogen) atoms. The van der Waals surface area contributed by atoms with E-state index >= 15 is 0 Å². The van der Waals surface area contributed by atoms with Gasteiger partial charge in [0.25, 0.3) is 0 Å². The lowest BCUT2D eigenvalue weighted by atomic mass is 10.2. The van der Waals surface area contributed by atoms with Crippen molar-refractivity contribution >= 4 is 51.7 Å². The largest absolute Gasteiger partial charge is 0.326 e. The zero-order valence-electron chi connectivity index (χ0n) is 13.8. The van der Waals surface area contributed by atoms with Crippen molar-refractivity contribution in [2.24, 2.45) is 4.99 Å². The van der Waals surface area contributed by atoms with Crippen LogP contribution in [-0.2, 0) is 9.59 Å². The summed E-state index contributed by atoms with van der Waals surface area (Å²) >= 11 is 7.21. The van der Waals surface area contributed by atoms with E-state index in [-0.39, 0.29) is 24.1 Å². The van der Waals surface area contributed by atoms with Crippen LogP contribution in [0.2, 0.25) is 5.02 Å². The Morgan fingerprint density at radius 3 is 2.77 bits per heavy atom. The number of amidine groups is 1. The van der Waals surface area contributed by atoms with Crippen LogP contribution in [-0.4, -0.2) is 22.2 Å². The van der Waals surface area contributed by atoms with Crippen molar-refractivity contribution in [3.8, 4) is 0 Å². The first kappa shape index (κ1) is 18.4. The number of carbonyl (C=O) groups is 2. The smallest absolute Gasteiger partial charge is 0.240 e. The molecule has 0 radical (unpaired) electrons. The number of halogens is 2. The van der Waals surface area contributed by atoms with Gasteiger partial charge < -0.3 is 10.6 Å². The molecular weight excluding hydrogens is 377 g/mol. The number of carbonyl (C=O) groups excluding carboxylic acids is 2. The highest BCUT2D eigenvalue weighted by Crippen LogP contribution is 2.27. The molecule has 3 rings (SSSR count). The summed E-state index contributed by atoms with van der Waals surface area (Å²) < 4.78 is 12.9. The summed E-state index contributed by atoms with van der Waals surface area (Å²) in [4.78, 5) is 28.6. The highest BCUT2D eigenvalue weighted by Gasteiger charge is 2.32. The zero-order chi connectivity index (χ0) is 18.7. The van der Waals surface area contributed by atoms with Crippen LogP contribution in [0.15, 0.2) is 47.5 Å². The molecule has 0 saturated carbocycles. The van der Waals surface area contributed by atoms with Gasteiger partial charge in [-0.05, 0) is 48.9 Å². The monoisotopic (exact) mass is 391 g/mol. The molecular formula is C18H15ClFN3O2S. The third-order valence-corrected chi connectivity index (χ3v) is 5.24. The van der Waals surface area contributed by atoms with Crippen molar-refractivity contribution in [1.29, 1.82) is 0 Å². The predicted octanol–water partition coefficient (Wildman–Crippen LogP) is 4.04. The van der Waals surface area contributed by atoms with Crippen molar-refractivity contribution in [2.45, 2.75) is 18.6 Å². The van der Waals surface area contributed by atoms with E-state index in [1.807, 2.05) is 6.92 Å². The molecule has 0 aliphatic carbocycles. The molecule has 0 unspecified atom stereocenters. The molecule has 2 N–H and O–H groups in total. The number of nitrogens with zero attached hydrogens (tertiary/aromatic N) is 1. The third-order valence-electron chi connectivity index (χ3n) is 3.75. The third kappa shape index (κ3) is 4.42. The summed E-state index contributed by atoms with van der Waals surface area (Å²) in [6.45, 7) is 1.81. The summed E-state index contributed by atoms with van der Waals surface area (Å²) in [6, 6.07) is 10.8. The van der Waals surface area contributed by atoms with Crippen molar-refractivity contribution in [1.82, 2.24) is 5.32 Å². The summed E-state index contributed by atoms with van der Waals surface area (Å²) in [5.41, 5.74) is 1.91. The first-order valence-corrected chi connectivity index (χ1v) is 9.05. The Bertz CT molecular complexity index is 887. The second-order valence-corrected chi connectivity index (χ2v) is 7.25. The molecule has 0 bridgehead atoms. The molecule has 8 heteroatoms. The van der Waals surface area contributed by atoms with E-state index in [2.05, 4.69) is 15.6 Å². The standard InChI is InChI=1S/C18H15ClFN3O2S/c1-10-13(19)3-2-4-14(10)22-16(24)9-15-17(25)23-18(26-15)21-12-7-5-11(20)6-8-12/h2-8,15H,9H2,1H3,(H,22,24)(H,21,23,25)/t15-/m1/s1. The lowest BCUT2D eigenvalue weighted by Gasteiger charge is -2.10. The van der Waals surface area contributed by atoms with Crippen LogP contribution in [0.1, 0.15) is 12.0 Å². The van der Waals surface area contributed by atoms with Gasteiger partial charge in [-0.1, -0.05) is 29.4 Å². The van der Waals surface area contributed by atoms with Crippen molar-refractivity contribution < 1.29 is 14.0 Å². The van der Waals surface area contributed by atoms with E-state index in [9.17, 15) is 14.0 Å². The minimum absolute atomic E-state index is 0.00485. The van der Waals surface area contributed by atoms with Crippen LogP contribution in [0, 0.1) is 12.7 Å². The molecule has 0 aromatic heterocycles. The Morgan fingerprint density at radius 2 is 2.04 bits per heavy atom. The van der Waals surface area contributed by atoms with Gasteiger partial charge in [0.1, 0.15) is 11.1 Å². The van der Waals surface area contributed by atoms with E-state index in [1.54, 1.807) is 18.2 Å². The average Bonchev–Trinajstić information content (AvgIpc) is 2.93. The Kier molecular flexibility index (Phi) is 5.58. The van der Waals surface area contributed by atoms with Gasteiger partial charge in [-0.2, -0.15) is 0 Å². The van der Waals surface area contributed by atoms with Gasteiger partial charge in [-0.15, -0.1) is 0 Å². The maximum atomic E-state index is 12.9. The van der Waals surface area contributed by atoms with Gasteiger partial charge in [0.2, 0.25) is 11.8 Å². The van der Waals surface area contributed by atoms with E-state index < -0.39 is 5.25 Å². The van der Waals surface area contributed by atoms with Gasteiger partial charge in [0, 0.05) is 17.1 Å². The summed E-state index contributed by atoms with van der Waals surface area (Å²) in [6.07, 6.45) is 0.00485. The summed E-state index contributed by atoms with van der Waals surface area (Å²) in [5, 5.41) is 5.78. The Labute approximate surface area is 159 Å². The number of hydrogen-bond acceptors (Lipinski definition) is 4. The van der Waals surface area contributed by atoms with Gasteiger partial charge in [0.15, 0.2) is 5.17 Å². The molecule has 2 aromatic rings. The quantitative estimate of drug-likeness (QED) is 0.826. The molecule has 1 fully saturated rings. The fourth-order valence-corrected chi connectivity index (χ4v) is 3.50. The van der Waals surface area contributed by atoms with E-state index in [0.29, 0.717) is 21.6 Å². The maximum absolute atomic E-state index is 12.9. The van der Waals surface area contributed by atoms with Crippen LogP contribution in [0.4, 0.5) is 15.8 Å². The number of rotatable bonds is 4. The number of nitrogens with one attached hydrogen (secondary N) is 2. The fraction of sp³-hybridized carbons (Fsp3) is 0.167. The number of thioether (sulfide) groups is 1. The van der Waals surface area contributed by atoms with Gasteiger partial charge in [-0.3, -0.25) is 9.59 Å². The second-order valence-electron chi connectivity index (χ2n) is 5.65. The van der Waals surface area contributed by atoms with Gasteiger partial charge >= 0.3 is 0 Å². The fourth-order valence-electron chi connectivity index (χ4n) is 2.34. The minimum Gasteiger partial charge on any atom is -0.326 e. The first-order chi connectivity index (χ1) is 12.4. The predicted molar refractivity (Wildman–Crippen MR) is 102 cm³/mol. The van der Waals surface area contributed by atoms with E-state index in [1.165, 1.54) is 36.0 Å². The number of aliphatic imine (C=N–C) groups is 1. The molecule has 1 aliphatic rings. The lowest BCUT2D eigenvalue weighted by molar-refractivity contribution is -0.122. The SMILES string of the molecule is Cc1c(Cl)cccc1NC(=O)C[C@H]1SC(=Nc2ccc(F)cc2)NC1=O. The Balaban J connectivity index is 1.63. The van der Waals surface area contributed by atoms with Crippen LogP contribution in [0.25, 0.3) is 0 Å². The zero-order valence-corrected chi connectivity index (χ0v) is 15.3. The molecule has 1 saturated heterocycles. The Morgan fingerprint density at radius 1 is 1.31 bits per heavy atom. The summed E-state index contributed by atoms with van der Waals surface area (Å²) in [7, 11) is 0. The van der Waals surface area contributed by atoms with Crippen molar-refractivity contribution in [2.75, 3.05) is 5.32 Å². The van der Waals surface area contributed by atoms with Crippen LogP contribution < -0.4 is 10.6 Å². The van der Waals surface area contributed by atoms with Gasteiger partial charge in [-0.25, -0.2) is 9.38 Å². The molecule has 1 atom stereocenters. The maximum Gasteiger partial charge on any atom is 0.240 e. The molecule has 0 spiro atoms. The molecule has 1 aliphatic heterocycles. The normalized spacial score (nSPS) is 18.0.